The van der Waals surface area contributed by atoms with Gasteiger partial charge in [-0.1, -0.05) is 18.2 Å². The number of nitrogens with zero attached hydrogens (tertiary/aromatic N) is 2. The van der Waals surface area contributed by atoms with Gasteiger partial charge in [-0.05, 0) is 32.3 Å². The van der Waals surface area contributed by atoms with Crippen LogP contribution in [0.1, 0.15) is 30.6 Å². The Morgan fingerprint density at radius 3 is 2.88 bits per heavy atom. The standard InChI is InChI=1S/C18H22N4O.HI/c1-12-14-7-3-4-9-16(14)23-17(12)11-21-18(20-2)22-15-8-5-6-13(15)10-19;/h3-4,7,9,13,15H,5-6,8,11H2,1-2H3,(H2,20,21,22);1H. The Bertz CT molecular complexity index is 762. The molecule has 0 aliphatic heterocycles. The summed E-state index contributed by atoms with van der Waals surface area (Å²) >= 11 is 0. The molecule has 1 aromatic carbocycles. The van der Waals surface area contributed by atoms with Gasteiger partial charge in [0.2, 0.25) is 0 Å². The average molecular weight is 438 g/mol. The van der Waals surface area contributed by atoms with Gasteiger partial charge in [0.1, 0.15) is 11.3 Å². The lowest BCUT2D eigenvalue weighted by Crippen LogP contribution is -2.44. The molecular weight excluding hydrogens is 415 g/mol. The topological polar surface area (TPSA) is 73.3 Å². The summed E-state index contributed by atoms with van der Waals surface area (Å²) in [6.07, 6.45) is 3.08. The van der Waals surface area contributed by atoms with E-state index in [1.54, 1.807) is 7.05 Å². The minimum Gasteiger partial charge on any atom is -0.459 e. The van der Waals surface area contributed by atoms with Crippen LogP contribution in [0.4, 0.5) is 0 Å². The van der Waals surface area contributed by atoms with Gasteiger partial charge in [0.25, 0.3) is 0 Å². The molecule has 2 atom stereocenters. The van der Waals surface area contributed by atoms with Gasteiger partial charge in [-0.2, -0.15) is 5.26 Å². The van der Waals surface area contributed by atoms with Crippen molar-refractivity contribution < 1.29 is 4.42 Å². The quantitative estimate of drug-likeness (QED) is 0.435. The van der Waals surface area contributed by atoms with Crippen molar-refractivity contribution in [1.82, 2.24) is 10.6 Å². The van der Waals surface area contributed by atoms with E-state index in [0.717, 1.165) is 47.5 Å². The highest BCUT2D eigenvalue weighted by molar-refractivity contribution is 14.0. The fourth-order valence-corrected chi connectivity index (χ4v) is 3.22. The first-order valence-electron chi connectivity index (χ1n) is 8.06. The van der Waals surface area contributed by atoms with E-state index < -0.39 is 0 Å². The van der Waals surface area contributed by atoms with Gasteiger partial charge < -0.3 is 15.1 Å². The van der Waals surface area contributed by atoms with E-state index in [0.29, 0.717) is 6.54 Å². The maximum atomic E-state index is 9.18. The molecule has 0 amide bonds. The van der Waals surface area contributed by atoms with Gasteiger partial charge in [0.05, 0.1) is 18.5 Å². The predicted octanol–water partition coefficient (Wildman–Crippen LogP) is 3.72. The van der Waals surface area contributed by atoms with Gasteiger partial charge in [0, 0.05) is 24.0 Å². The number of guanidine groups is 1. The minimum atomic E-state index is 0. The highest BCUT2D eigenvalue weighted by Gasteiger charge is 2.27. The lowest BCUT2D eigenvalue weighted by molar-refractivity contribution is 0.515. The number of furan rings is 1. The van der Waals surface area contributed by atoms with Gasteiger partial charge in [0.15, 0.2) is 5.96 Å². The molecule has 1 aliphatic carbocycles. The summed E-state index contributed by atoms with van der Waals surface area (Å²) in [7, 11) is 1.75. The number of rotatable bonds is 3. The zero-order valence-corrected chi connectivity index (χ0v) is 16.3. The highest BCUT2D eigenvalue weighted by Crippen LogP contribution is 2.26. The van der Waals surface area contributed by atoms with Crippen molar-refractivity contribution >= 4 is 40.9 Å². The lowest BCUT2D eigenvalue weighted by atomic mass is 10.1. The molecule has 1 aromatic heterocycles. The molecule has 0 saturated heterocycles. The Balaban J connectivity index is 0.00000208. The second kappa shape index (κ2) is 8.38. The van der Waals surface area contributed by atoms with Crippen molar-refractivity contribution in [3.63, 3.8) is 0 Å². The van der Waals surface area contributed by atoms with E-state index >= 15 is 0 Å². The first-order valence-corrected chi connectivity index (χ1v) is 8.06. The van der Waals surface area contributed by atoms with Crippen LogP contribution in [0.5, 0.6) is 0 Å². The third-order valence-electron chi connectivity index (χ3n) is 4.59. The van der Waals surface area contributed by atoms with Crippen LogP contribution < -0.4 is 10.6 Å². The molecule has 1 fully saturated rings. The molecule has 24 heavy (non-hydrogen) atoms. The molecule has 0 bridgehead atoms. The van der Waals surface area contributed by atoms with Crippen molar-refractivity contribution in [2.75, 3.05) is 7.05 Å². The van der Waals surface area contributed by atoms with Crippen LogP contribution in [-0.4, -0.2) is 19.0 Å². The summed E-state index contributed by atoms with van der Waals surface area (Å²) in [5.74, 6) is 1.70. The largest absolute Gasteiger partial charge is 0.459 e. The van der Waals surface area contributed by atoms with Gasteiger partial charge in [-0.15, -0.1) is 24.0 Å². The number of aryl methyl sites for hydroxylation is 1. The van der Waals surface area contributed by atoms with Crippen LogP contribution in [0, 0.1) is 24.2 Å². The van der Waals surface area contributed by atoms with Crippen LogP contribution in [0.2, 0.25) is 0 Å². The Hall–Kier alpha value is -1.75. The molecule has 128 valence electrons. The number of nitriles is 1. The smallest absolute Gasteiger partial charge is 0.191 e. The molecule has 2 unspecified atom stereocenters. The maximum absolute atomic E-state index is 9.18. The van der Waals surface area contributed by atoms with Crippen LogP contribution >= 0.6 is 24.0 Å². The third kappa shape index (κ3) is 3.83. The Morgan fingerprint density at radius 1 is 1.38 bits per heavy atom. The van der Waals surface area contributed by atoms with Gasteiger partial charge >= 0.3 is 0 Å². The summed E-state index contributed by atoms with van der Waals surface area (Å²) < 4.78 is 5.91. The maximum Gasteiger partial charge on any atom is 0.191 e. The minimum absolute atomic E-state index is 0. The third-order valence-corrected chi connectivity index (χ3v) is 4.59. The molecule has 1 heterocycles. The average Bonchev–Trinajstić information content (AvgIpc) is 3.16. The first-order chi connectivity index (χ1) is 11.2. The normalized spacial score (nSPS) is 20.5. The molecule has 3 rings (SSSR count). The second-order valence-electron chi connectivity index (χ2n) is 5.99. The number of hydrogen-bond donors (Lipinski definition) is 2. The molecule has 2 aromatic rings. The lowest BCUT2D eigenvalue weighted by Gasteiger charge is -2.19. The molecule has 2 N–H and O–H groups in total. The number of fused-ring (bicyclic) bond motifs is 1. The Labute approximate surface area is 159 Å². The molecule has 0 spiro atoms. The number of benzene rings is 1. The number of aliphatic imine (C=N–C) groups is 1. The summed E-state index contributed by atoms with van der Waals surface area (Å²) in [6.45, 7) is 2.64. The molecule has 0 radical (unpaired) electrons. The van der Waals surface area contributed by atoms with Crippen molar-refractivity contribution in [3.8, 4) is 6.07 Å². The summed E-state index contributed by atoms with van der Waals surface area (Å²) in [6, 6.07) is 10.6. The van der Waals surface area contributed by atoms with E-state index in [1.807, 2.05) is 18.2 Å². The number of nitrogens with one attached hydrogen (secondary N) is 2. The fourth-order valence-electron chi connectivity index (χ4n) is 3.22. The van der Waals surface area contributed by atoms with Crippen molar-refractivity contribution in [1.29, 1.82) is 5.26 Å². The van der Waals surface area contributed by atoms with Crippen LogP contribution in [0.3, 0.4) is 0 Å². The SMILES string of the molecule is CN=C(NCc1oc2ccccc2c1C)NC1CCCC1C#N.I. The van der Waals surface area contributed by atoms with Crippen molar-refractivity contribution in [2.24, 2.45) is 10.9 Å². The highest BCUT2D eigenvalue weighted by atomic mass is 127. The fraction of sp³-hybridized carbons (Fsp3) is 0.444. The van der Waals surface area contributed by atoms with E-state index in [-0.39, 0.29) is 35.9 Å². The second-order valence-corrected chi connectivity index (χ2v) is 5.99. The Morgan fingerprint density at radius 2 is 2.17 bits per heavy atom. The molecule has 5 nitrogen and oxygen atoms in total. The van der Waals surface area contributed by atoms with Crippen LogP contribution in [-0.2, 0) is 6.54 Å². The van der Waals surface area contributed by atoms with Gasteiger partial charge in [-0.25, -0.2) is 0 Å². The molecule has 1 saturated carbocycles. The van der Waals surface area contributed by atoms with Crippen molar-refractivity contribution in [3.05, 3.63) is 35.6 Å². The van der Waals surface area contributed by atoms with E-state index in [4.69, 9.17) is 4.42 Å². The van der Waals surface area contributed by atoms with Crippen LogP contribution in [0.15, 0.2) is 33.7 Å². The summed E-state index contributed by atoms with van der Waals surface area (Å²) in [5.41, 5.74) is 2.06. The number of para-hydroxylation sites is 1. The number of hydrogen-bond acceptors (Lipinski definition) is 3. The van der Waals surface area contributed by atoms with E-state index in [9.17, 15) is 5.26 Å². The van der Waals surface area contributed by atoms with Gasteiger partial charge in [-0.3, -0.25) is 4.99 Å². The molecule has 6 heteroatoms. The zero-order valence-electron chi connectivity index (χ0n) is 14.0. The molecular formula is C18H23IN4O. The zero-order chi connectivity index (χ0) is 16.2. The van der Waals surface area contributed by atoms with E-state index in [2.05, 4.69) is 34.7 Å². The predicted molar refractivity (Wildman–Crippen MR) is 106 cm³/mol. The molecule has 1 aliphatic rings. The summed E-state index contributed by atoms with van der Waals surface area (Å²) in [5, 5.41) is 17.0. The number of halogens is 1. The monoisotopic (exact) mass is 438 g/mol. The van der Waals surface area contributed by atoms with Crippen molar-refractivity contribution in [2.45, 2.75) is 38.8 Å². The first kappa shape index (κ1) is 18.6. The van der Waals surface area contributed by atoms with Crippen LogP contribution in [0.25, 0.3) is 11.0 Å². The Kier molecular flexibility index (Phi) is 6.49. The summed E-state index contributed by atoms with van der Waals surface area (Å²) in [4.78, 5) is 4.26. The van der Waals surface area contributed by atoms with E-state index in [1.165, 1.54) is 0 Å².